The molecule has 0 spiro atoms. The number of fused-ring (bicyclic) bond motifs is 1. The predicted molar refractivity (Wildman–Crippen MR) is 46.6 cm³/mol. The maximum Gasteiger partial charge on any atom is 0.410 e. The molecule has 2 rings (SSSR count). The first-order chi connectivity index (χ1) is 6.74. The van der Waals surface area contributed by atoms with Crippen LogP contribution < -0.4 is 0 Å². The summed E-state index contributed by atoms with van der Waals surface area (Å²) >= 11 is 0. The van der Waals surface area contributed by atoms with Crippen LogP contribution in [0.2, 0.25) is 0 Å². The lowest BCUT2D eigenvalue weighted by molar-refractivity contribution is -0.148. The second-order valence-electron chi connectivity index (χ2n) is 3.61. The second-order valence-corrected chi connectivity index (χ2v) is 3.61. The van der Waals surface area contributed by atoms with E-state index in [1.54, 1.807) is 4.90 Å². The van der Waals surface area contributed by atoms with Crippen LogP contribution in [-0.4, -0.2) is 43.3 Å². The lowest BCUT2D eigenvalue weighted by atomic mass is 9.90. The molecule has 5 heteroatoms. The molecule has 0 aromatic heterocycles. The highest BCUT2D eigenvalue weighted by Crippen LogP contribution is 2.29. The van der Waals surface area contributed by atoms with Crippen LogP contribution in [0.3, 0.4) is 0 Å². The van der Waals surface area contributed by atoms with Crippen LogP contribution in [-0.2, 0) is 14.3 Å². The molecular weight excluding hydrogens is 186 g/mol. The summed E-state index contributed by atoms with van der Waals surface area (Å²) in [6.07, 6.45) is 1.32. The number of esters is 1. The fraction of sp³-hybridized carbons (Fsp3) is 0.778. The molecule has 0 aliphatic carbocycles. The van der Waals surface area contributed by atoms with Gasteiger partial charge in [0.1, 0.15) is 6.61 Å². The lowest BCUT2D eigenvalue weighted by Gasteiger charge is -2.32. The average Bonchev–Trinajstić information content (AvgIpc) is 2.59. The van der Waals surface area contributed by atoms with Crippen molar-refractivity contribution in [2.24, 2.45) is 5.92 Å². The summed E-state index contributed by atoms with van der Waals surface area (Å²) in [4.78, 5) is 24.2. The van der Waals surface area contributed by atoms with E-state index in [2.05, 4.69) is 0 Å². The van der Waals surface area contributed by atoms with E-state index in [-0.39, 0.29) is 24.0 Å². The number of carbonyl (C=O) groups is 2. The molecule has 0 unspecified atom stereocenters. The van der Waals surface area contributed by atoms with Crippen LogP contribution in [0.4, 0.5) is 4.79 Å². The number of nitrogens with zero attached hydrogens (tertiary/aromatic N) is 1. The molecule has 2 atom stereocenters. The van der Waals surface area contributed by atoms with Gasteiger partial charge in [-0.15, -0.1) is 0 Å². The third-order valence-electron chi connectivity index (χ3n) is 2.89. The molecule has 0 radical (unpaired) electrons. The molecule has 0 bridgehead atoms. The fourth-order valence-electron chi connectivity index (χ4n) is 2.16. The van der Waals surface area contributed by atoms with Gasteiger partial charge in [0.05, 0.1) is 19.1 Å². The quantitative estimate of drug-likeness (QED) is 0.573. The number of ether oxygens (including phenoxy) is 2. The second kappa shape index (κ2) is 3.48. The van der Waals surface area contributed by atoms with Gasteiger partial charge in [0.2, 0.25) is 0 Å². The van der Waals surface area contributed by atoms with Crippen molar-refractivity contribution >= 4 is 12.1 Å². The van der Waals surface area contributed by atoms with Gasteiger partial charge in [0.15, 0.2) is 0 Å². The first-order valence-corrected chi connectivity index (χ1v) is 4.75. The Morgan fingerprint density at radius 3 is 3.14 bits per heavy atom. The number of hydrogen-bond acceptors (Lipinski definition) is 4. The molecule has 0 N–H and O–H groups in total. The summed E-state index contributed by atoms with van der Waals surface area (Å²) in [5.41, 5.74) is 0. The van der Waals surface area contributed by atoms with Gasteiger partial charge in [-0.3, -0.25) is 4.79 Å². The third kappa shape index (κ3) is 1.32. The molecule has 0 saturated carbocycles. The van der Waals surface area contributed by atoms with E-state index in [9.17, 15) is 9.59 Å². The smallest absolute Gasteiger partial charge is 0.410 e. The van der Waals surface area contributed by atoms with Gasteiger partial charge in [-0.1, -0.05) is 0 Å². The normalized spacial score (nSPS) is 30.9. The molecular formula is C9H13NO4. The summed E-state index contributed by atoms with van der Waals surface area (Å²) in [7, 11) is 1.37. The summed E-state index contributed by atoms with van der Waals surface area (Å²) in [6, 6.07) is -0.108. The van der Waals surface area contributed by atoms with Crippen LogP contribution in [0.5, 0.6) is 0 Å². The lowest BCUT2D eigenvalue weighted by Crippen LogP contribution is -2.46. The van der Waals surface area contributed by atoms with Gasteiger partial charge in [0, 0.05) is 6.54 Å². The molecule has 5 nitrogen and oxygen atoms in total. The zero-order chi connectivity index (χ0) is 10.1. The van der Waals surface area contributed by atoms with Crippen molar-refractivity contribution in [2.45, 2.75) is 18.9 Å². The first kappa shape index (κ1) is 9.30. The van der Waals surface area contributed by atoms with Crippen LogP contribution in [0.1, 0.15) is 12.8 Å². The molecule has 1 amide bonds. The Labute approximate surface area is 82.0 Å². The molecule has 2 saturated heterocycles. The maximum absolute atomic E-state index is 11.4. The minimum absolute atomic E-state index is 0.108. The summed E-state index contributed by atoms with van der Waals surface area (Å²) < 4.78 is 9.60. The van der Waals surface area contributed by atoms with E-state index in [1.165, 1.54) is 7.11 Å². The predicted octanol–water partition coefficient (Wildman–Crippen LogP) is 0.390. The highest BCUT2D eigenvalue weighted by Gasteiger charge is 2.44. The zero-order valence-corrected chi connectivity index (χ0v) is 8.06. The number of cyclic esters (lactones) is 1. The van der Waals surface area contributed by atoms with E-state index in [0.717, 1.165) is 12.8 Å². The molecule has 14 heavy (non-hydrogen) atoms. The van der Waals surface area contributed by atoms with Crippen molar-refractivity contribution in [3.8, 4) is 0 Å². The Morgan fingerprint density at radius 1 is 1.64 bits per heavy atom. The van der Waals surface area contributed by atoms with Gasteiger partial charge >= 0.3 is 12.1 Å². The van der Waals surface area contributed by atoms with Crippen molar-refractivity contribution in [2.75, 3.05) is 20.3 Å². The minimum Gasteiger partial charge on any atom is -0.469 e. The van der Waals surface area contributed by atoms with Gasteiger partial charge in [-0.25, -0.2) is 4.79 Å². The monoisotopic (exact) mass is 199 g/mol. The van der Waals surface area contributed by atoms with Gasteiger partial charge in [0.25, 0.3) is 0 Å². The molecule has 2 aliphatic heterocycles. The molecule has 2 fully saturated rings. The number of rotatable bonds is 1. The van der Waals surface area contributed by atoms with E-state index in [4.69, 9.17) is 9.47 Å². The van der Waals surface area contributed by atoms with Gasteiger partial charge < -0.3 is 14.4 Å². The number of amides is 1. The molecule has 2 heterocycles. The van der Waals surface area contributed by atoms with E-state index in [1.807, 2.05) is 0 Å². The minimum atomic E-state index is -0.302. The molecule has 0 aromatic rings. The van der Waals surface area contributed by atoms with Crippen LogP contribution >= 0.6 is 0 Å². The summed E-state index contributed by atoms with van der Waals surface area (Å²) in [5.74, 6) is -0.446. The van der Waals surface area contributed by atoms with Crippen molar-refractivity contribution in [1.29, 1.82) is 0 Å². The van der Waals surface area contributed by atoms with Crippen LogP contribution in [0.15, 0.2) is 0 Å². The maximum atomic E-state index is 11.4. The molecule has 2 aliphatic rings. The highest BCUT2D eigenvalue weighted by atomic mass is 16.6. The Hall–Kier alpha value is -1.26. The molecule has 0 aromatic carbocycles. The van der Waals surface area contributed by atoms with Crippen molar-refractivity contribution in [3.63, 3.8) is 0 Å². The number of hydrogen-bond donors (Lipinski definition) is 0. The van der Waals surface area contributed by atoms with Crippen molar-refractivity contribution < 1.29 is 19.1 Å². The van der Waals surface area contributed by atoms with E-state index >= 15 is 0 Å². The fourth-order valence-corrected chi connectivity index (χ4v) is 2.16. The topological polar surface area (TPSA) is 55.8 Å². The van der Waals surface area contributed by atoms with Crippen molar-refractivity contribution in [3.05, 3.63) is 0 Å². The highest BCUT2D eigenvalue weighted by molar-refractivity contribution is 5.77. The summed E-state index contributed by atoms with van der Waals surface area (Å²) in [5, 5.41) is 0. The van der Waals surface area contributed by atoms with E-state index < -0.39 is 0 Å². The van der Waals surface area contributed by atoms with E-state index in [0.29, 0.717) is 13.2 Å². The van der Waals surface area contributed by atoms with Gasteiger partial charge in [-0.05, 0) is 12.8 Å². The number of piperidine rings is 1. The van der Waals surface area contributed by atoms with Crippen molar-refractivity contribution in [1.82, 2.24) is 4.90 Å². The molecule has 78 valence electrons. The number of methoxy groups -OCH3 is 1. The largest absolute Gasteiger partial charge is 0.469 e. The first-order valence-electron chi connectivity index (χ1n) is 4.75. The Kier molecular flexibility index (Phi) is 2.31. The third-order valence-corrected chi connectivity index (χ3v) is 2.89. The Morgan fingerprint density at radius 2 is 2.43 bits per heavy atom. The number of carbonyl (C=O) groups excluding carboxylic acids is 2. The van der Waals surface area contributed by atoms with Crippen LogP contribution in [0, 0.1) is 5.92 Å². The summed E-state index contributed by atoms with van der Waals surface area (Å²) in [6.45, 7) is 1.01. The average molecular weight is 199 g/mol. The Bertz CT molecular complexity index is 266. The van der Waals surface area contributed by atoms with Gasteiger partial charge in [-0.2, -0.15) is 0 Å². The SMILES string of the molecule is COC(=O)[C@@H]1CCCN2C(=O)OC[C@@H]12. The standard InChI is InChI=1S/C9H13NO4/c1-13-8(11)6-3-2-4-10-7(6)5-14-9(10)12/h6-7H,2-5H2,1H3/t6-,7+/m1/s1. The Balaban J connectivity index is 2.12. The van der Waals surface area contributed by atoms with Crippen LogP contribution in [0.25, 0.3) is 0 Å². The zero-order valence-electron chi connectivity index (χ0n) is 8.06.